The molecule has 36 heavy (non-hydrogen) atoms. The largest absolute Gasteiger partial charge is 0.453 e. The summed E-state index contributed by atoms with van der Waals surface area (Å²) < 4.78 is 61.9. The maximum Gasteiger partial charge on any atom is 0.418 e. The zero-order valence-electron chi connectivity index (χ0n) is 20.2. The number of rotatable bonds is 8. The molecule has 0 bridgehead atoms. The van der Waals surface area contributed by atoms with Crippen molar-refractivity contribution in [3.63, 3.8) is 0 Å². The average molecular weight is 500 g/mol. The van der Waals surface area contributed by atoms with Crippen LogP contribution in [0.4, 0.5) is 17.6 Å². The summed E-state index contributed by atoms with van der Waals surface area (Å²) in [6, 6.07) is 3.68. The molecule has 2 aromatic heterocycles. The van der Waals surface area contributed by atoms with Crippen LogP contribution in [0.15, 0.2) is 83.5 Å². The zero-order valence-corrected chi connectivity index (χ0v) is 20.2. The normalized spacial score (nSPS) is 17.7. The van der Waals surface area contributed by atoms with E-state index in [0.29, 0.717) is 34.9 Å². The van der Waals surface area contributed by atoms with Gasteiger partial charge in [0.05, 0.1) is 29.1 Å². The predicted molar refractivity (Wildman–Crippen MR) is 134 cm³/mol. The molecule has 1 N–H and O–H groups in total. The van der Waals surface area contributed by atoms with Crippen molar-refractivity contribution in [3.8, 4) is 11.5 Å². The molecule has 0 aliphatic heterocycles. The lowest BCUT2D eigenvalue weighted by atomic mass is 10.0. The van der Waals surface area contributed by atoms with Crippen molar-refractivity contribution in [2.45, 2.75) is 57.7 Å². The summed E-state index contributed by atoms with van der Waals surface area (Å²) in [5, 5.41) is 2.82. The van der Waals surface area contributed by atoms with E-state index in [1.165, 1.54) is 19.1 Å². The number of allylic oxidation sites excluding steroid dienone is 9. The van der Waals surface area contributed by atoms with Crippen LogP contribution in [0, 0.1) is 0 Å². The number of aromatic nitrogens is 2. The van der Waals surface area contributed by atoms with Gasteiger partial charge in [0, 0.05) is 17.3 Å². The Morgan fingerprint density at radius 1 is 1.22 bits per heavy atom. The fourth-order valence-electron chi connectivity index (χ4n) is 4.65. The third-order valence-corrected chi connectivity index (χ3v) is 6.41. The number of halogens is 4. The molecule has 0 unspecified atom stereocenters. The van der Waals surface area contributed by atoms with Gasteiger partial charge in [0.2, 0.25) is 0 Å². The second-order valence-corrected chi connectivity index (χ2v) is 8.97. The van der Waals surface area contributed by atoms with E-state index < -0.39 is 11.7 Å². The molecule has 0 radical (unpaired) electrons. The van der Waals surface area contributed by atoms with Crippen LogP contribution in [0.1, 0.15) is 62.9 Å². The van der Waals surface area contributed by atoms with Crippen molar-refractivity contribution in [2.24, 2.45) is 0 Å². The first kappa shape index (κ1) is 25.5. The molecule has 0 aromatic carbocycles. The van der Waals surface area contributed by atoms with E-state index in [4.69, 9.17) is 4.42 Å². The Morgan fingerprint density at radius 3 is 2.64 bits per heavy atom. The van der Waals surface area contributed by atoms with Gasteiger partial charge in [-0.15, -0.1) is 0 Å². The van der Waals surface area contributed by atoms with Gasteiger partial charge < -0.3 is 14.3 Å². The lowest BCUT2D eigenvalue weighted by molar-refractivity contribution is -0.0895. The number of nitrogens with one attached hydrogen (secondary N) is 1. The number of hydrogen-bond donors (Lipinski definition) is 1. The molecule has 0 amide bonds. The van der Waals surface area contributed by atoms with Crippen molar-refractivity contribution >= 4 is 11.3 Å². The van der Waals surface area contributed by atoms with Crippen molar-refractivity contribution in [1.29, 1.82) is 0 Å². The SMILES string of the molecule is C=C/C(=C\C=C(/C)F)c1ncn(C2CCCC2)c1-c1ccc(C(=C)NC2=C(C(F)(F)F)C=CCC2)o1. The molecule has 4 nitrogen and oxygen atoms in total. The van der Waals surface area contributed by atoms with E-state index in [9.17, 15) is 17.6 Å². The van der Waals surface area contributed by atoms with Gasteiger partial charge in [0.1, 0.15) is 11.5 Å². The highest BCUT2D eigenvalue weighted by Gasteiger charge is 2.35. The second kappa shape index (κ2) is 10.6. The molecule has 0 spiro atoms. The molecule has 2 aliphatic carbocycles. The molecule has 190 valence electrons. The minimum Gasteiger partial charge on any atom is -0.453 e. The summed E-state index contributed by atoms with van der Waals surface area (Å²) in [5.41, 5.74) is 1.52. The average Bonchev–Trinajstić information content (AvgIpc) is 3.59. The number of nitrogens with zero attached hydrogens (tertiary/aromatic N) is 2. The van der Waals surface area contributed by atoms with Crippen LogP contribution in [0.2, 0.25) is 0 Å². The van der Waals surface area contributed by atoms with Gasteiger partial charge in [-0.05, 0) is 50.8 Å². The molecule has 2 aromatic rings. The number of alkyl halides is 3. The first-order valence-electron chi connectivity index (χ1n) is 12.0. The number of hydrogen-bond acceptors (Lipinski definition) is 3. The van der Waals surface area contributed by atoms with Gasteiger partial charge >= 0.3 is 6.18 Å². The van der Waals surface area contributed by atoms with E-state index >= 15 is 0 Å². The highest BCUT2D eigenvalue weighted by Crippen LogP contribution is 2.39. The van der Waals surface area contributed by atoms with Crippen LogP contribution >= 0.6 is 0 Å². The fourth-order valence-corrected chi connectivity index (χ4v) is 4.65. The van der Waals surface area contributed by atoms with Crippen LogP contribution < -0.4 is 5.32 Å². The minimum absolute atomic E-state index is 0.0647. The molecule has 2 heterocycles. The Labute approximate surface area is 208 Å². The molecular formula is C28H29F4N3O. The van der Waals surface area contributed by atoms with Gasteiger partial charge in [-0.2, -0.15) is 13.2 Å². The van der Waals surface area contributed by atoms with E-state index in [1.54, 1.807) is 30.6 Å². The Morgan fingerprint density at radius 2 is 1.97 bits per heavy atom. The Hall–Kier alpha value is -3.55. The molecule has 4 rings (SSSR count). The Kier molecular flexibility index (Phi) is 7.52. The summed E-state index contributed by atoms with van der Waals surface area (Å²) in [7, 11) is 0. The highest BCUT2D eigenvalue weighted by atomic mass is 19.4. The van der Waals surface area contributed by atoms with Gasteiger partial charge in [-0.3, -0.25) is 0 Å². The number of furan rings is 1. The van der Waals surface area contributed by atoms with Crippen LogP contribution in [-0.2, 0) is 0 Å². The molecule has 1 fully saturated rings. The smallest absolute Gasteiger partial charge is 0.418 e. The standard InChI is InChI=1S/C28H29F4N3O/c1-4-20(14-13-18(2)29)26-27(35(17-33-26)21-9-5-6-10-21)25-16-15-24(36-25)19(3)34-23-12-8-7-11-22(23)28(30,31)32/h4,7,11,13-17,21,34H,1,3,5-6,8-10,12H2,2H3/b18-13+,20-14+. The maximum absolute atomic E-state index is 13.4. The molecule has 0 saturated heterocycles. The molecule has 8 heteroatoms. The van der Waals surface area contributed by atoms with Crippen LogP contribution in [0.5, 0.6) is 0 Å². The summed E-state index contributed by atoms with van der Waals surface area (Å²) in [6.45, 7) is 9.13. The lowest BCUT2D eigenvalue weighted by Gasteiger charge is -2.20. The monoisotopic (exact) mass is 499 g/mol. The van der Waals surface area contributed by atoms with Crippen molar-refractivity contribution in [2.75, 3.05) is 0 Å². The molecule has 0 atom stereocenters. The van der Waals surface area contributed by atoms with Crippen LogP contribution in [0.3, 0.4) is 0 Å². The maximum atomic E-state index is 13.4. The summed E-state index contributed by atoms with van der Waals surface area (Å²) in [6.07, 6.45) is 9.43. The van der Waals surface area contributed by atoms with Crippen molar-refractivity contribution < 1.29 is 22.0 Å². The Balaban J connectivity index is 1.71. The van der Waals surface area contributed by atoms with Gasteiger partial charge in [-0.25, -0.2) is 9.37 Å². The third kappa shape index (κ3) is 5.48. The van der Waals surface area contributed by atoms with E-state index in [2.05, 4.69) is 28.0 Å². The van der Waals surface area contributed by atoms with Crippen LogP contribution in [-0.4, -0.2) is 15.7 Å². The van der Waals surface area contributed by atoms with Crippen molar-refractivity contribution in [1.82, 2.24) is 14.9 Å². The molecular weight excluding hydrogens is 470 g/mol. The summed E-state index contributed by atoms with van der Waals surface area (Å²) in [4.78, 5) is 4.60. The minimum atomic E-state index is -4.46. The third-order valence-electron chi connectivity index (χ3n) is 6.41. The summed E-state index contributed by atoms with van der Waals surface area (Å²) in [5.74, 6) is 0.468. The van der Waals surface area contributed by atoms with E-state index in [-0.39, 0.29) is 29.7 Å². The van der Waals surface area contributed by atoms with Gasteiger partial charge in [0.15, 0.2) is 5.76 Å². The summed E-state index contributed by atoms with van der Waals surface area (Å²) >= 11 is 0. The van der Waals surface area contributed by atoms with E-state index in [0.717, 1.165) is 31.8 Å². The Bertz CT molecular complexity index is 1260. The number of imidazole rings is 1. The zero-order chi connectivity index (χ0) is 25.9. The quantitative estimate of drug-likeness (QED) is 0.293. The first-order valence-corrected chi connectivity index (χ1v) is 12.0. The molecule has 2 aliphatic rings. The van der Waals surface area contributed by atoms with Crippen LogP contribution in [0.25, 0.3) is 22.7 Å². The molecule has 1 saturated carbocycles. The topological polar surface area (TPSA) is 43.0 Å². The predicted octanol–water partition coefficient (Wildman–Crippen LogP) is 8.43. The second-order valence-electron chi connectivity index (χ2n) is 8.97. The van der Waals surface area contributed by atoms with Gasteiger partial charge in [-0.1, -0.05) is 50.3 Å². The lowest BCUT2D eigenvalue weighted by Crippen LogP contribution is -2.22. The fraction of sp³-hybridized carbons (Fsp3) is 0.321. The highest BCUT2D eigenvalue weighted by molar-refractivity contribution is 5.81. The van der Waals surface area contributed by atoms with E-state index in [1.807, 2.05) is 0 Å². The van der Waals surface area contributed by atoms with Gasteiger partial charge in [0.25, 0.3) is 0 Å². The van der Waals surface area contributed by atoms with Crippen molar-refractivity contribution in [3.05, 3.63) is 90.5 Å². The first-order chi connectivity index (χ1) is 17.2.